The lowest BCUT2D eigenvalue weighted by atomic mass is 10.1. The fraction of sp³-hybridized carbons (Fsp3) is 0.750. The first-order valence-electron chi connectivity index (χ1n) is 9.57. The summed E-state index contributed by atoms with van der Waals surface area (Å²) in [5, 5.41) is 2.76. The number of piperazine rings is 1. The molecule has 1 aliphatic rings. The summed E-state index contributed by atoms with van der Waals surface area (Å²) in [7, 11) is 0. The second-order valence-electron chi connectivity index (χ2n) is 9.20. The summed E-state index contributed by atoms with van der Waals surface area (Å²) in [6.45, 7) is 15.3. The molecule has 0 unspecified atom stereocenters. The Morgan fingerprint density at radius 2 is 1.67 bits per heavy atom. The summed E-state index contributed by atoms with van der Waals surface area (Å²) in [5.74, 6) is 0.883. The number of hydrogen-bond acceptors (Lipinski definition) is 5. The fourth-order valence-corrected chi connectivity index (χ4v) is 2.90. The zero-order chi connectivity index (χ0) is 20.3. The number of aromatic nitrogens is 1. The smallest absolute Gasteiger partial charge is 0.354 e. The SMILES string of the molecule is CC(C)(C)NCC(F)(F)OCc1ccc(N2CCN(C(C)(C)C)CC2)nc1. The molecule has 2 heterocycles. The average molecular weight is 385 g/mol. The van der Waals surface area contributed by atoms with Gasteiger partial charge in [0.05, 0.1) is 13.2 Å². The van der Waals surface area contributed by atoms with Crippen LogP contribution >= 0.6 is 0 Å². The summed E-state index contributed by atoms with van der Waals surface area (Å²) in [4.78, 5) is 9.13. The van der Waals surface area contributed by atoms with Crippen molar-refractivity contribution in [3.8, 4) is 0 Å². The van der Waals surface area contributed by atoms with Crippen LogP contribution in [0.5, 0.6) is 0 Å². The molecule has 0 amide bonds. The number of alkyl halides is 2. The molecule has 2 rings (SSSR count). The Kier molecular flexibility index (Phi) is 6.81. The molecule has 0 bridgehead atoms. The van der Waals surface area contributed by atoms with Crippen molar-refractivity contribution >= 4 is 5.82 Å². The molecule has 5 nitrogen and oxygen atoms in total. The van der Waals surface area contributed by atoms with E-state index < -0.39 is 12.7 Å². The molecule has 7 heteroatoms. The van der Waals surface area contributed by atoms with Crippen molar-refractivity contribution < 1.29 is 13.5 Å². The van der Waals surface area contributed by atoms with Gasteiger partial charge in [-0.25, -0.2) is 4.98 Å². The van der Waals surface area contributed by atoms with Gasteiger partial charge in [0.1, 0.15) is 5.82 Å². The van der Waals surface area contributed by atoms with E-state index in [1.807, 2.05) is 32.9 Å². The van der Waals surface area contributed by atoms with Gasteiger partial charge in [0.25, 0.3) is 0 Å². The van der Waals surface area contributed by atoms with E-state index in [-0.39, 0.29) is 17.7 Å². The highest BCUT2D eigenvalue weighted by Crippen LogP contribution is 2.21. The van der Waals surface area contributed by atoms with Gasteiger partial charge in [0, 0.05) is 43.5 Å². The third-order valence-electron chi connectivity index (χ3n) is 4.64. The van der Waals surface area contributed by atoms with Gasteiger partial charge in [-0.2, -0.15) is 8.78 Å². The summed E-state index contributed by atoms with van der Waals surface area (Å²) in [6, 6.07) is 3.70. The standard InChI is InChI=1S/C20H34F2N4O/c1-18(2,3)24-15-20(21,22)27-14-16-7-8-17(23-13-16)25-9-11-26(12-10-25)19(4,5)6/h7-8,13,24H,9-12,14-15H2,1-6H3. The normalized spacial score (nSPS) is 17.4. The summed E-state index contributed by atoms with van der Waals surface area (Å²) in [6.07, 6.45) is -1.59. The van der Waals surface area contributed by atoms with Crippen LogP contribution in [0.1, 0.15) is 47.1 Å². The van der Waals surface area contributed by atoms with Crippen molar-refractivity contribution in [1.82, 2.24) is 15.2 Å². The monoisotopic (exact) mass is 384 g/mol. The number of rotatable bonds is 6. The van der Waals surface area contributed by atoms with E-state index in [2.05, 4.69) is 40.9 Å². The first-order chi connectivity index (χ1) is 12.4. The van der Waals surface area contributed by atoms with E-state index in [0.717, 1.165) is 32.0 Å². The number of hydrogen-bond donors (Lipinski definition) is 1. The van der Waals surface area contributed by atoms with Gasteiger partial charge >= 0.3 is 6.11 Å². The molecule has 0 radical (unpaired) electrons. The van der Waals surface area contributed by atoms with Gasteiger partial charge in [0.2, 0.25) is 0 Å². The van der Waals surface area contributed by atoms with Gasteiger partial charge in [-0.05, 0) is 53.2 Å². The van der Waals surface area contributed by atoms with Crippen LogP contribution in [-0.2, 0) is 11.3 Å². The van der Waals surface area contributed by atoms with E-state index in [1.165, 1.54) is 0 Å². The first-order valence-corrected chi connectivity index (χ1v) is 9.57. The molecule has 0 aliphatic carbocycles. The summed E-state index contributed by atoms with van der Waals surface area (Å²) < 4.78 is 32.4. The molecule has 0 saturated carbocycles. The minimum atomic E-state index is -3.21. The molecule has 0 spiro atoms. The number of ether oxygens (including phenoxy) is 1. The predicted molar refractivity (Wildman–Crippen MR) is 105 cm³/mol. The highest BCUT2D eigenvalue weighted by atomic mass is 19.3. The first kappa shape index (κ1) is 22.0. The van der Waals surface area contributed by atoms with E-state index in [4.69, 9.17) is 4.74 Å². The lowest BCUT2D eigenvalue weighted by molar-refractivity contribution is -0.242. The quantitative estimate of drug-likeness (QED) is 0.813. The summed E-state index contributed by atoms with van der Waals surface area (Å²) >= 11 is 0. The Hall–Kier alpha value is -1.31. The lowest BCUT2D eigenvalue weighted by Crippen LogP contribution is -2.53. The predicted octanol–water partition coefficient (Wildman–Crippen LogP) is 3.50. The number of halogens is 2. The Balaban J connectivity index is 1.83. The zero-order valence-corrected chi connectivity index (χ0v) is 17.5. The van der Waals surface area contributed by atoms with Crippen molar-refractivity contribution in [2.45, 2.75) is 65.3 Å². The molecule has 154 valence electrons. The van der Waals surface area contributed by atoms with E-state index >= 15 is 0 Å². The molecule has 1 aromatic heterocycles. The van der Waals surface area contributed by atoms with Gasteiger partial charge < -0.3 is 15.0 Å². The highest BCUT2D eigenvalue weighted by Gasteiger charge is 2.31. The summed E-state index contributed by atoms with van der Waals surface area (Å²) in [5.41, 5.74) is 0.434. The number of nitrogens with zero attached hydrogens (tertiary/aromatic N) is 3. The van der Waals surface area contributed by atoms with Gasteiger partial charge in [-0.1, -0.05) is 6.07 Å². The lowest BCUT2D eigenvalue weighted by Gasteiger charge is -2.42. The average Bonchev–Trinajstić information content (AvgIpc) is 2.58. The van der Waals surface area contributed by atoms with Crippen molar-refractivity contribution in [3.63, 3.8) is 0 Å². The largest absolute Gasteiger partial charge is 0.368 e. The Morgan fingerprint density at radius 1 is 1.04 bits per heavy atom. The second kappa shape index (κ2) is 8.37. The van der Waals surface area contributed by atoms with Crippen LogP contribution in [0.25, 0.3) is 0 Å². The van der Waals surface area contributed by atoms with Crippen LogP contribution in [0.15, 0.2) is 18.3 Å². The minimum absolute atomic E-state index is 0.163. The molecule has 1 saturated heterocycles. The van der Waals surface area contributed by atoms with Gasteiger partial charge in [0.15, 0.2) is 0 Å². The molecule has 0 atom stereocenters. The Morgan fingerprint density at radius 3 is 2.15 bits per heavy atom. The third kappa shape index (κ3) is 7.31. The van der Waals surface area contributed by atoms with Crippen LogP contribution in [0.2, 0.25) is 0 Å². The topological polar surface area (TPSA) is 40.6 Å². The maximum Gasteiger partial charge on any atom is 0.368 e. The molecule has 27 heavy (non-hydrogen) atoms. The molecular weight excluding hydrogens is 350 g/mol. The highest BCUT2D eigenvalue weighted by molar-refractivity contribution is 5.39. The Bertz CT molecular complexity index is 585. The molecular formula is C20H34F2N4O. The van der Waals surface area contributed by atoms with E-state index in [1.54, 1.807) is 6.20 Å². The second-order valence-corrected chi connectivity index (χ2v) is 9.20. The number of nitrogens with one attached hydrogen (secondary N) is 1. The third-order valence-corrected chi connectivity index (χ3v) is 4.64. The maximum absolute atomic E-state index is 13.8. The zero-order valence-electron chi connectivity index (χ0n) is 17.5. The molecule has 1 aliphatic heterocycles. The molecule has 0 aromatic carbocycles. The number of pyridine rings is 1. The van der Waals surface area contributed by atoms with Crippen molar-refractivity contribution in [2.75, 3.05) is 37.6 Å². The van der Waals surface area contributed by atoms with Gasteiger partial charge in [-0.15, -0.1) is 0 Å². The maximum atomic E-state index is 13.8. The minimum Gasteiger partial charge on any atom is -0.354 e. The van der Waals surface area contributed by atoms with Crippen molar-refractivity contribution in [3.05, 3.63) is 23.9 Å². The van der Waals surface area contributed by atoms with Crippen LogP contribution in [0, 0.1) is 0 Å². The van der Waals surface area contributed by atoms with Crippen LogP contribution in [0.4, 0.5) is 14.6 Å². The fourth-order valence-electron chi connectivity index (χ4n) is 2.90. The van der Waals surface area contributed by atoms with Crippen molar-refractivity contribution in [2.24, 2.45) is 0 Å². The van der Waals surface area contributed by atoms with E-state index in [9.17, 15) is 8.78 Å². The van der Waals surface area contributed by atoms with Crippen molar-refractivity contribution in [1.29, 1.82) is 0 Å². The van der Waals surface area contributed by atoms with Crippen LogP contribution in [-0.4, -0.2) is 59.8 Å². The van der Waals surface area contributed by atoms with Gasteiger partial charge in [-0.3, -0.25) is 4.90 Å². The Labute approximate surface area is 162 Å². The molecule has 1 N–H and O–H groups in total. The number of anilines is 1. The van der Waals surface area contributed by atoms with Crippen LogP contribution in [0.3, 0.4) is 0 Å². The van der Waals surface area contributed by atoms with E-state index in [0.29, 0.717) is 5.56 Å². The molecule has 1 aromatic rings. The van der Waals surface area contributed by atoms with Crippen LogP contribution < -0.4 is 10.2 Å². The molecule has 1 fully saturated rings.